The molecule has 1 aromatic carbocycles. The highest BCUT2D eigenvalue weighted by Gasteiger charge is 1.94. The Morgan fingerprint density at radius 2 is 2.23 bits per heavy atom. The second kappa shape index (κ2) is 4.50. The predicted octanol–water partition coefficient (Wildman–Crippen LogP) is 2.08. The zero-order valence-corrected chi connectivity index (χ0v) is 8.11. The molecule has 0 unspecified atom stereocenters. The fourth-order valence-corrected chi connectivity index (χ4v) is 1.12. The van der Waals surface area contributed by atoms with Gasteiger partial charge >= 0.3 is 0 Å². The molecular weight excluding hydrogens is 164 g/mol. The Labute approximate surface area is 78.4 Å². The predicted molar refractivity (Wildman–Crippen MR) is 54.7 cm³/mol. The van der Waals surface area contributed by atoms with E-state index in [9.17, 15) is 0 Å². The highest BCUT2D eigenvalue weighted by Crippen LogP contribution is 2.14. The summed E-state index contributed by atoms with van der Waals surface area (Å²) in [6.45, 7) is 0. The van der Waals surface area contributed by atoms with Gasteiger partial charge in [-0.3, -0.25) is 0 Å². The van der Waals surface area contributed by atoms with Crippen LogP contribution in [0.4, 0.5) is 0 Å². The van der Waals surface area contributed by atoms with Gasteiger partial charge in [0.05, 0.1) is 7.11 Å². The quantitative estimate of drug-likeness (QED) is 0.503. The molecule has 0 N–H and O–H groups in total. The van der Waals surface area contributed by atoms with Gasteiger partial charge in [-0.1, -0.05) is 32.1 Å². The Balaban J connectivity index is 3.00. The summed E-state index contributed by atoms with van der Waals surface area (Å²) in [5, 5.41) is 4.05. The van der Waals surface area contributed by atoms with Gasteiger partial charge < -0.3 is 15.0 Å². The average Bonchev–Trinajstić information content (AvgIpc) is 2.20. The topological polar surface area (TPSA) is 35.7 Å². The summed E-state index contributed by atoms with van der Waals surface area (Å²) in [5.74, 6) is 1.56. The Morgan fingerprint density at radius 3 is 2.77 bits per heavy atom. The van der Waals surface area contributed by atoms with E-state index in [0.717, 1.165) is 17.1 Å². The maximum atomic E-state index is 5.10. The van der Waals surface area contributed by atoms with Gasteiger partial charge in [0.15, 0.2) is 0 Å². The van der Waals surface area contributed by atoms with Crippen molar-refractivity contribution in [3.63, 3.8) is 0 Å². The maximum Gasteiger partial charge on any atom is 0.119 e. The monoisotopic (exact) mass is 177 g/mol. The molecule has 0 aliphatic rings. The van der Waals surface area contributed by atoms with Crippen LogP contribution in [0.3, 0.4) is 0 Å². The first-order chi connectivity index (χ1) is 6.31. The lowest BCUT2D eigenvalue weighted by Crippen LogP contribution is -1.98. The minimum absolute atomic E-state index is 0.735. The number of hydrogen-bond acceptors (Lipinski definition) is 2. The summed E-state index contributed by atoms with van der Waals surface area (Å²) < 4.78 is 5.10. The molecule has 0 bridgehead atoms. The first-order valence-corrected chi connectivity index (χ1v) is 4.03. The van der Waals surface area contributed by atoms with Gasteiger partial charge in [0.25, 0.3) is 0 Å². The molecular formula is C10H13N2O-. The lowest BCUT2D eigenvalue weighted by Gasteiger charge is -2.14. The SMILES string of the molecule is CN=C([N-]C)c1cccc(OC)c1. The number of nitrogens with zero attached hydrogens (tertiary/aromatic N) is 2. The first-order valence-electron chi connectivity index (χ1n) is 4.03. The summed E-state index contributed by atoms with van der Waals surface area (Å²) in [5.41, 5.74) is 0.976. The van der Waals surface area contributed by atoms with Gasteiger partial charge in [-0.25, -0.2) is 0 Å². The van der Waals surface area contributed by atoms with Crippen molar-refractivity contribution < 1.29 is 4.74 Å². The Kier molecular flexibility index (Phi) is 3.31. The van der Waals surface area contributed by atoms with Crippen LogP contribution in [0.15, 0.2) is 29.3 Å². The molecule has 0 atom stereocenters. The van der Waals surface area contributed by atoms with E-state index in [-0.39, 0.29) is 0 Å². The summed E-state index contributed by atoms with van der Waals surface area (Å²) in [4.78, 5) is 4.05. The summed E-state index contributed by atoms with van der Waals surface area (Å²) in [7, 11) is 5.09. The molecule has 0 aliphatic heterocycles. The van der Waals surface area contributed by atoms with Crippen LogP contribution in [-0.2, 0) is 0 Å². The summed E-state index contributed by atoms with van der Waals surface area (Å²) in [6, 6.07) is 7.68. The van der Waals surface area contributed by atoms with Crippen LogP contribution in [0, 0.1) is 0 Å². The smallest absolute Gasteiger partial charge is 0.119 e. The highest BCUT2D eigenvalue weighted by molar-refractivity contribution is 6.07. The molecule has 0 saturated carbocycles. The zero-order chi connectivity index (χ0) is 9.68. The third-order valence-corrected chi connectivity index (χ3v) is 1.75. The number of rotatable bonds is 2. The van der Waals surface area contributed by atoms with Gasteiger partial charge in [0, 0.05) is 0 Å². The molecule has 0 heterocycles. The van der Waals surface area contributed by atoms with Gasteiger partial charge in [-0.05, 0) is 17.7 Å². The Bertz CT molecular complexity index is 308. The molecule has 0 aliphatic carbocycles. The highest BCUT2D eigenvalue weighted by atomic mass is 16.5. The van der Waals surface area contributed by atoms with E-state index in [4.69, 9.17) is 4.74 Å². The lowest BCUT2D eigenvalue weighted by molar-refractivity contribution is 0.414. The van der Waals surface area contributed by atoms with E-state index in [1.54, 1.807) is 21.2 Å². The minimum Gasteiger partial charge on any atom is -0.497 e. The Hall–Kier alpha value is -1.51. The van der Waals surface area contributed by atoms with Crippen LogP contribution >= 0.6 is 0 Å². The van der Waals surface area contributed by atoms with Crippen LogP contribution in [0.5, 0.6) is 5.75 Å². The van der Waals surface area contributed by atoms with E-state index in [0.29, 0.717) is 0 Å². The third kappa shape index (κ3) is 2.21. The molecule has 70 valence electrons. The number of aliphatic imine (C=N–C) groups is 1. The minimum atomic E-state index is 0.735. The zero-order valence-electron chi connectivity index (χ0n) is 8.11. The van der Waals surface area contributed by atoms with Crippen LogP contribution in [-0.4, -0.2) is 27.0 Å². The van der Waals surface area contributed by atoms with Crippen LogP contribution in [0.2, 0.25) is 0 Å². The van der Waals surface area contributed by atoms with Crippen molar-refractivity contribution in [3.05, 3.63) is 35.1 Å². The lowest BCUT2D eigenvalue weighted by atomic mass is 10.2. The molecule has 0 amide bonds. The number of ether oxygens (including phenoxy) is 1. The van der Waals surface area contributed by atoms with Crippen LogP contribution in [0.25, 0.3) is 5.32 Å². The molecule has 1 rings (SSSR count). The van der Waals surface area contributed by atoms with Crippen molar-refractivity contribution in [2.45, 2.75) is 0 Å². The van der Waals surface area contributed by atoms with E-state index in [2.05, 4.69) is 10.3 Å². The van der Waals surface area contributed by atoms with Gasteiger partial charge in [0.2, 0.25) is 0 Å². The average molecular weight is 177 g/mol. The van der Waals surface area contributed by atoms with E-state index in [1.165, 1.54) is 0 Å². The number of benzene rings is 1. The molecule has 0 radical (unpaired) electrons. The van der Waals surface area contributed by atoms with Crippen LogP contribution < -0.4 is 4.74 Å². The molecule has 0 fully saturated rings. The Morgan fingerprint density at radius 1 is 1.46 bits per heavy atom. The van der Waals surface area contributed by atoms with E-state index in [1.807, 2.05) is 24.3 Å². The first kappa shape index (κ1) is 9.58. The van der Waals surface area contributed by atoms with Crippen LogP contribution in [0.1, 0.15) is 5.56 Å². The maximum absolute atomic E-state index is 5.10. The van der Waals surface area contributed by atoms with Crippen molar-refractivity contribution in [1.29, 1.82) is 0 Å². The standard InChI is InChI=1S/C10H13N2O/c1-11-10(12-2)8-5-4-6-9(7-8)13-3/h4-7H,1-3H3/q-1. The van der Waals surface area contributed by atoms with Crippen molar-refractivity contribution >= 4 is 5.84 Å². The van der Waals surface area contributed by atoms with Crippen molar-refractivity contribution in [2.75, 3.05) is 21.2 Å². The molecule has 0 saturated heterocycles. The molecule has 1 aromatic rings. The summed E-state index contributed by atoms with van der Waals surface area (Å²) in [6.07, 6.45) is 0. The number of hydrogen-bond donors (Lipinski definition) is 0. The summed E-state index contributed by atoms with van der Waals surface area (Å²) >= 11 is 0. The molecule has 13 heavy (non-hydrogen) atoms. The molecule has 3 nitrogen and oxygen atoms in total. The largest absolute Gasteiger partial charge is 0.497 e. The van der Waals surface area contributed by atoms with E-state index < -0.39 is 0 Å². The fraction of sp³-hybridized carbons (Fsp3) is 0.300. The van der Waals surface area contributed by atoms with Crippen molar-refractivity contribution in [2.24, 2.45) is 4.99 Å². The molecule has 3 heteroatoms. The third-order valence-electron chi connectivity index (χ3n) is 1.75. The van der Waals surface area contributed by atoms with Crippen molar-refractivity contribution in [3.8, 4) is 5.75 Å². The van der Waals surface area contributed by atoms with Gasteiger partial charge in [0.1, 0.15) is 5.75 Å². The number of amidine groups is 1. The number of methoxy groups -OCH3 is 1. The van der Waals surface area contributed by atoms with E-state index >= 15 is 0 Å². The normalized spacial score (nSPS) is 11.2. The molecule has 0 spiro atoms. The second-order valence-electron chi connectivity index (χ2n) is 2.50. The van der Waals surface area contributed by atoms with Crippen molar-refractivity contribution in [1.82, 2.24) is 0 Å². The van der Waals surface area contributed by atoms with Gasteiger partial charge in [-0.15, -0.1) is 0 Å². The second-order valence-corrected chi connectivity index (χ2v) is 2.50. The molecule has 0 aromatic heterocycles. The fourth-order valence-electron chi connectivity index (χ4n) is 1.12. The van der Waals surface area contributed by atoms with Gasteiger partial charge in [-0.2, -0.15) is 0 Å².